The summed E-state index contributed by atoms with van der Waals surface area (Å²) < 4.78 is 26.5. The van der Waals surface area contributed by atoms with Gasteiger partial charge in [0.1, 0.15) is 11.6 Å². The van der Waals surface area contributed by atoms with Crippen molar-refractivity contribution in [2.24, 2.45) is 5.92 Å². The van der Waals surface area contributed by atoms with Crippen molar-refractivity contribution in [3.8, 4) is 0 Å². The maximum absolute atomic E-state index is 13.6. The third-order valence-electron chi connectivity index (χ3n) is 4.03. The van der Waals surface area contributed by atoms with E-state index in [1.807, 2.05) is 6.92 Å². The molecule has 3 nitrogen and oxygen atoms in total. The Kier molecular flexibility index (Phi) is 7.76. The zero-order valence-electron chi connectivity index (χ0n) is 12.7. The average Bonchev–Trinajstić information content (AvgIpc) is 2.46. The predicted molar refractivity (Wildman–Crippen MR) is 85.2 cm³/mol. The molecule has 2 N–H and O–H groups in total. The van der Waals surface area contributed by atoms with Crippen molar-refractivity contribution in [1.82, 2.24) is 10.6 Å². The minimum atomic E-state index is -0.585. The molecule has 0 aromatic heterocycles. The molecule has 1 atom stereocenters. The number of carbonyl (C=O) groups is 1. The highest BCUT2D eigenvalue weighted by Crippen LogP contribution is 2.20. The van der Waals surface area contributed by atoms with Crippen LogP contribution in [0.3, 0.4) is 0 Å². The second-order valence-electron chi connectivity index (χ2n) is 5.77. The van der Waals surface area contributed by atoms with Crippen LogP contribution < -0.4 is 10.6 Å². The van der Waals surface area contributed by atoms with Gasteiger partial charge in [0, 0.05) is 24.9 Å². The Morgan fingerprint density at radius 2 is 2.05 bits per heavy atom. The number of benzene rings is 1. The molecular weight excluding hydrogens is 310 g/mol. The lowest BCUT2D eigenvalue weighted by molar-refractivity contribution is -0.122. The first-order valence-corrected chi connectivity index (χ1v) is 7.48. The van der Waals surface area contributed by atoms with Crippen LogP contribution in [-0.2, 0) is 4.79 Å². The fourth-order valence-electron chi connectivity index (χ4n) is 2.70. The van der Waals surface area contributed by atoms with Gasteiger partial charge in [-0.15, -0.1) is 12.4 Å². The molecule has 0 bridgehead atoms. The largest absolute Gasteiger partial charge is 0.355 e. The van der Waals surface area contributed by atoms with Crippen LogP contribution in [0.25, 0.3) is 0 Å². The number of halogens is 3. The Labute approximate surface area is 136 Å². The molecule has 1 unspecified atom stereocenters. The van der Waals surface area contributed by atoms with Gasteiger partial charge in [-0.05, 0) is 43.5 Å². The molecule has 0 aliphatic carbocycles. The van der Waals surface area contributed by atoms with Crippen molar-refractivity contribution >= 4 is 18.3 Å². The molecule has 6 heteroatoms. The lowest BCUT2D eigenvalue weighted by Gasteiger charge is -2.22. The number of hydrogen-bond acceptors (Lipinski definition) is 2. The summed E-state index contributed by atoms with van der Waals surface area (Å²) in [5.74, 6) is -0.878. The minimum absolute atomic E-state index is 0. The van der Waals surface area contributed by atoms with E-state index in [1.165, 1.54) is 12.1 Å². The molecule has 1 aliphatic rings. The lowest BCUT2D eigenvalue weighted by Crippen LogP contribution is -2.33. The van der Waals surface area contributed by atoms with Gasteiger partial charge in [-0.2, -0.15) is 0 Å². The molecule has 22 heavy (non-hydrogen) atoms. The normalized spacial score (nSPS) is 16.7. The fourth-order valence-corrected chi connectivity index (χ4v) is 2.70. The van der Waals surface area contributed by atoms with Crippen LogP contribution in [0.2, 0.25) is 0 Å². The summed E-state index contributed by atoms with van der Waals surface area (Å²) >= 11 is 0. The Balaban J connectivity index is 0.00000242. The summed E-state index contributed by atoms with van der Waals surface area (Å²) in [6.07, 6.45) is 2.57. The highest BCUT2D eigenvalue weighted by Gasteiger charge is 2.18. The van der Waals surface area contributed by atoms with Crippen molar-refractivity contribution in [2.75, 3.05) is 19.6 Å². The molecule has 0 radical (unpaired) electrons. The highest BCUT2D eigenvalue weighted by molar-refractivity contribution is 5.85. The summed E-state index contributed by atoms with van der Waals surface area (Å²) in [5.41, 5.74) is 0.429. The summed E-state index contributed by atoms with van der Waals surface area (Å²) in [7, 11) is 0. The monoisotopic (exact) mass is 332 g/mol. The SMILES string of the molecule is CC(CNC(=O)CC1CCNCC1)c1ccc(F)cc1F.Cl. The van der Waals surface area contributed by atoms with Crippen LogP contribution in [0.4, 0.5) is 8.78 Å². The molecule has 1 fully saturated rings. The van der Waals surface area contributed by atoms with Crippen LogP contribution in [0.1, 0.15) is 37.7 Å². The first kappa shape index (κ1) is 18.8. The van der Waals surface area contributed by atoms with Gasteiger partial charge in [0.05, 0.1) is 0 Å². The van der Waals surface area contributed by atoms with E-state index in [2.05, 4.69) is 10.6 Å². The van der Waals surface area contributed by atoms with Gasteiger partial charge in [0.25, 0.3) is 0 Å². The summed E-state index contributed by atoms with van der Waals surface area (Å²) in [6, 6.07) is 3.56. The molecule has 1 aromatic carbocycles. The maximum atomic E-state index is 13.6. The third-order valence-corrected chi connectivity index (χ3v) is 4.03. The zero-order valence-corrected chi connectivity index (χ0v) is 13.5. The second kappa shape index (κ2) is 9.06. The van der Waals surface area contributed by atoms with E-state index in [-0.39, 0.29) is 24.2 Å². The van der Waals surface area contributed by atoms with Crippen LogP contribution in [0.15, 0.2) is 18.2 Å². The smallest absolute Gasteiger partial charge is 0.220 e. The molecule has 124 valence electrons. The second-order valence-corrected chi connectivity index (χ2v) is 5.77. The van der Waals surface area contributed by atoms with Crippen LogP contribution in [0, 0.1) is 17.6 Å². The van der Waals surface area contributed by atoms with Crippen molar-refractivity contribution < 1.29 is 13.6 Å². The molecule has 1 saturated heterocycles. The van der Waals surface area contributed by atoms with E-state index in [9.17, 15) is 13.6 Å². The Bertz CT molecular complexity index is 493. The van der Waals surface area contributed by atoms with Crippen molar-refractivity contribution in [2.45, 2.75) is 32.1 Å². The van der Waals surface area contributed by atoms with Crippen LogP contribution >= 0.6 is 12.4 Å². The number of hydrogen-bond donors (Lipinski definition) is 2. The Hall–Kier alpha value is -1.20. The van der Waals surface area contributed by atoms with Gasteiger partial charge in [0.2, 0.25) is 5.91 Å². The summed E-state index contributed by atoms with van der Waals surface area (Å²) in [5, 5.41) is 6.12. The third kappa shape index (κ3) is 5.54. The van der Waals surface area contributed by atoms with E-state index >= 15 is 0 Å². The first-order valence-electron chi connectivity index (χ1n) is 7.48. The average molecular weight is 333 g/mol. The van der Waals surface area contributed by atoms with Crippen molar-refractivity contribution in [3.05, 3.63) is 35.4 Å². The minimum Gasteiger partial charge on any atom is -0.355 e. The molecule has 1 aliphatic heterocycles. The number of carbonyl (C=O) groups excluding carboxylic acids is 1. The molecule has 1 heterocycles. The van der Waals surface area contributed by atoms with E-state index in [4.69, 9.17) is 0 Å². The zero-order chi connectivity index (χ0) is 15.2. The quantitative estimate of drug-likeness (QED) is 0.870. The maximum Gasteiger partial charge on any atom is 0.220 e. The van der Waals surface area contributed by atoms with E-state index < -0.39 is 11.6 Å². The Morgan fingerprint density at radius 3 is 2.68 bits per heavy atom. The van der Waals surface area contributed by atoms with Gasteiger partial charge in [0.15, 0.2) is 0 Å². The fraction of sp³-hybridized carbons (Fsp3) is 0.562. The summed E-state index contributed by atoms with van der Waals surface area (Å²) in [4.78, 5) is 11.9. The Morgan fingerprint density at radius 1 is 1.36 bits per heavy atom. The number of nitrogens with one attached hydrogen (secondary N) is 2. The molecule has 1 aromatic rings. The van der Waals surface area contributed by atoms with Gasteiger partial charge in [-0.25, -0.2) is 8.78 Å². The number of piperidine rings is 1. The number of rotatable bonds is 5. The molecule has 0 saturated carbocycles. The van der Waals surface area contributed by atoms with Gasteiger partial charge in [-0.1, -0.05) is 13.0 Å². The van der Waals surface area contributed by atoms with E-state index in [0.29, 0.717) is 24.4 Å². The highest BCUT2D eigenvalue weighted by atomic mass is 35.5. The topological polar surface area (TPSA) is 41.1 Å². The van der Waals surface area contributed by atoms with Gasteiger partial charge < -0.3 is 10.6 Å². The van der Waals surface area contributed by atoms with E-state index in [1.54, 1.807) is 0 Å². The standard InChI is InChI=1S/C16H22F2N2O.ClH/c1-11(14-3-2-13(17)9-15(14)18)10-20-16(21)8-12-4-6-19-7-5-12;/h2-3,9,11-12,19H,4-8,10H2,1H3,(H,20,21);1H. The summed E-state index contributed by atoms with van der Waals surface area (Å²) in [6.45, 7) is 4.12. The van der Waals surface area contributed by atoms with Crippen molar-refractivity contribution in [1.29, 1.82) is 0 Å². The van der Waals surface area contributed by atoms with E-state index in [0.717, 1.165) is 32.0 Å². The predicted octanol–water partition coefficient (Wildman–Crippen LogP) is 3.00. The first-order chi connectivity index (χ1) is 10.1. The van der Waals surface area contributed by atoms with Crippen LogP contribution in [0.5, 0.6) is 0 Å². The van der Waals surface area contributed by atoms with Crippen LogP contribution in [-0.4, -0.2) is 25.5 Å². The number of amides is 1. The molecule has 1 amide bonds. The van der Waals surface area contributed by atoms with Gasteiger partial charge in [-0.3, -0.25) is 4.79 Å². The lowest BCUT2D eigenvalue weighted by atomic mass is 9.94. The van der Waals surface area contributed by atoms with Gasteiger partial charge >= 0.3 is 0 Å². The molecule has 2 rings (SSSR count). The molecule has 0 spiro atoms. The van der Waals surface area contributed by atoms with Crippen molar-refractivity contribution in [3.63, 3.8) is 0 Å². The molecular formula is C16H23ClF2N2O.